The van der Waals surface area contributed by atoms with E-state index in [0.717, 1.165) is 6.21 Å². The number of aromatic nitrogens is 2. The number of allylic oxidation sites excluding steroid dienone is 1. The van der Waals surface area contributed by atoms with Crippen LogP contribution < -0.4 is 16.8 Å². The Hall–Kier alpha value is -3.03. The summed E-state index contributed by atoms with van der Waals surface area (Å²) in [4.78, 5) is 8.05. The molecule has 0 radical (unpaired) electrons. The Kier molecular flexibility index (Phi) is 4.62. The molecule has 0 bridgehead atoms. The smallest absolute Gasteiger partial charge is 0.223 e. The minimum atomic E-state index is -0.657. The maximum absolute atomic E-state index is 13.5. The fourth-order valence-corrected chi connectivity index (χ4v) is 1.77. The third-order valence-corrected chi connectivity index (χ3v) is 2.87. The van der Waals surface area contributed by atoms with E-state index in [1.807, 2.05) is 0 Å². The minimum absolute atomic E-state index is 0.0557. The van der Waals surface area contributed by atoms with Crippen LogP contribution in [0.5, 0.6) is 0 Å². The normalized spacial score (nSPS) is 10.1. The third-order valence-electron chi connectivity index (χ3n) is 2.87. The van der Waals surface area contributed by atoms with Crippen LogP contribution in [-0.2, 0) is 6.54 Å². The minimum Gasteiger partial charge on any atom is -0.385 e. The fraction of sp³-hybridized carbons (Fsp3) is 0.0714. The van der Waals surface area contributed by atoms with Gasteiger partial charge in [0.05, 0.1) is 11.3 Å². The summed E-state index contributed by atoms with van der Waals surface area (Å²) in [6, 6.07) is 5.15. The fourth-order valence-electron chi connectivity index (χ4n) is 1.77. The number of hydrogen-bond donors (Lipinski definition) is 4. The molecule has 0 aliphatic carbocycles. The lowest BCUT2D eigenvalue weighted by Gasteiger charge is -2.09. The van der Waals surface area contributed by atoms with Gasteiger partial charge in [0.25, 0.3) is 0 Å². The molecule has 6 nitrogen and oxygen atoms in total. The molecule has 0 fully saturated rings. The van der Waals surface area contributed by atoms with Crippen molar-refractivity contribution >= 4 is 17.7 Å². The Bertz CT molecular complexity index is 705. The third kappa shape index (κ3) is 3.35. The molecule has 8 heteroatoms. The van der Waals surface area contributed by atoms with Gasteiger partial charge >= 0.3 is 0 Å². The molecule has 0 aliphatic rings. The van der Waals surface area contributed by atoms with E-state index >= 15 is 0 Å². The van der Waals surface area contributed by atoms with Gasteiger partial charge in [-0.2, -0.15) is 0 Å². The van der Waals surface area contributed by atoms with Crippen LogP contribution in [0.3, 0.4) is 0 Å². The van der Waals surface area contributed by atoms with Crippen molar-refractivity contribution in [3.8, 4) is 0 Å². The molecule has 0 atom stereocenters. The quantitative estimate of drug-likeness (QED) is 0.627. The molecule has 114 valence electrons. The summed E-state index contributed by atoms with van der Waals surface area (Å²) in [6.45, 7) is -0.121. The molecular weight excluding hydrogens is 290 g/mol. The number of rotatable bonds is 5. The van der Waals surface area contributed by atoms with Crippen molar-refractivity contribution in [2.75, 3.05) is 5.32 Å². The number of nitrogens with one attached hydrogen (secondary N) is 2. The van der Waals surface area contributed by atoms with Crippen molar-refractivity contribution in [2.45, 2.75) is 6.54 Å². The summed E-state index contributed by atoms with van der Waals surface area (Å²) >= 11 is 0. The molecule has 22 heavy (non-hydrogen) atoms. The number of nitrogens with zero attached hydrogens (tertiary/aromatic N) is 2. The first-order valence-electron chi connectivity index (χ1n) is 6.28. The molecular formula is C14H14F2N6. The van der Waals surface area contributed by atoms with Gasteiger partial charge in [-0.15, -0.1) is 0 Å². The van der Waals surface area contributed by atoms with Crippen LogP contribution in [0.1, 0.15) is 11.3 Å². The zero-order valence-corrected chi connectivity index (χ0v) is 11.5. The van der Waals surface area contributed by atoms with E-state index < -0.39 is 11.6 Å². The van der Waals surface area contributed by atoms with Crippen LogP contribution >= 0.6 is 0 Å². The van der Waals surface area contributed by atoms with Crippen LogP contribution in [0.25, 0.3) is 5.57 Å². The van der Waals surface area contributed by atoms with Gasteiger partial charge in [-0.05, 0) is 18.2 Å². The van der Waals surface area contributed by atoms with Crippen molar-refractivity contribution in [3.63, 3.8) is 0 Å². The maximum atomic E-state index is 13.5. The Labute approximate surface area is 125 Å². The first-order valence-corrected chi connectivity index (χ1v) is 6.28. The van der Waals surface area contributed by atoms with Gasteiger partial charge in [-0.25, -0.2) is 18.7 Å². The molecule has 0 saturated carbocycles. The molecule has 1 aromatic heterocycles. The lowest BCUT2D eigenvalue weighted by atomic mass is 10.2. The van der Waals surface area contributed by atoms with Crippen LogP contribution in [0.15, 0.2) is 36.3 Å². The van der Waals surface area contributed by atoms with Crippen LogP contribution in [-0.4, -0.2) is 16.2 Å². The van der Waals surface area contributed by atoms with E-state index in [9.17, 15) is 8.78 Å². The second kappa shape index (κ2) is 6.61. The molecule has 2 aromatic rings. The van der Waals surface area contributed by atoms with Gasteiger partial charge in [0, 0.05) is 24.5 Å². The molecule has 0 saturated heterocycles. The number of nitrogens with two attached hydrogens (primary N) is 2. The highest BCUT2D eigenvalue weighted by molar-refractivity contribution is 6.08. The molecule has 6 N–H and O–H groups in total. The van der Waals surface area contributed by atoms with E-state index in [0.29, 0.717) is 5.69 Å². The number of benzene rings is 1. The maximum Gasteiger partial charge on any atom is 0.223 e. The van der Waals surface area contributed by atoms with Crippen molar-refractivity contribution in [3.05, 3.63) is 59.2 Å². The highest BCUT2D eigenvalue weighted by Crippen LogP contribution is 2.15. The summed E-state index contributed by atoms with van der Waals surface area (Å²) in [7, 11) is 0. The van der Waals surface area contributed by atoms with Crippen molar-refractivity contribution in [1.29, 1.82) is 5.41 Å². The van der Waals surface area contributed by atoms with Crippen molar-refractivity contribution < 1.29 is 8.78 Å². The summed E-state index contributed by atoms with van der Waals surface area (Å²) in [5.41, 5.74) is 11.4. The number of anilines is 1. The first kappa shape index (κ1) is 15.4. The monoisotopic (exact) mass is 304 g/mol. The van der Waals surface area contributed by atoms with E-state index in [-0.39, 0.29) is 29.5 Å². The highest BCUT2D eigenvalue weighted by atomic mass is 19.1. The van der Waals surface area contributed by atoms with E-state index in [1.54, 1.807) is 0 Å². The zero-order chi connectivity index (χ0) is 16.1. The predicted octanol–water partition coefficient (Wildman–Crippen LogP) is 1.60. The topological polar surface area (TPSA) is 114 Å². The average molecular weight is 304 g/mol. The Morgan fingerprint density at radius 1 is 1.23 bits per heavy atom. The lowest BCUT2D eigenvalue weighted by Crippen LogP contribution is -2.14. The van der Waals surface area contributed by atoms with Crippen molar-refractivity contribution in [1.82, 2.24) is 9.97 Å². The standard InChI is InChI=1S/C14H14F2N6/c15-10-2-1-3-11(16)9(10)7-21-14-20-5-4-12(22-14)8(6-17)13(18)19/h1-6,17H,7,18-19H2,(H,20,21,22). The molecule has 0 spiro atoms. The molecule has 1 aromatic carbocycles. The number of halogens is 2. The summed E-state index contributed by atoms with van der Waals surface area (Å²) in [6.07, 6.45) is 2.40. The van der Waals surface area contributed by atoms with Crippen LogP contribution in [0.2, 0.25) is 0 Å². The van der Waals surface area contributed by atoms with Gasteiger partial charge < -0.3 is 22.2 Å². The molecule has 0 aliphatic heterocycles. The lowest BCUT2D eigenvalue weighted by molar-refractivity contribution is 0.559. The predicted molar refractivity (Wildman–Crippen MR) is 79.8 cm³/mol. The van der Waals surface area contributed by atoms with Gasteiger partial charge in [0.2, 0.25) is 5.95 Å². The van der Waals surface area contributed by atoms with E-state index in [2.05, 4.69) is 15.3 Å². The molecule has 0 unspecified atom stereocenters. The SMILES string of the molecule is N=CC(=C(N)N)c1ccnc(NCc2c(F)cccc2F)n1. The largest absolute Gasteiger partial charge is 0.385 e. The molecule has 0 amide bonds. The molecule has 2 rings (SSSR count). The Morgan fingerprint density at radius 3 is 2.50 bits per heavy atom. The highest BCUT2D eigenvalue weighted by Gasteiger charge is 2.10. The van der Waals surface area contributed by atoms with Gasteiger partial charge in [-0.1, -0.05) is 6.07 Å². The van der Waals surface area contributed by atoms with E-state index in [1.165, 1.54) is 30.5 Å². The van der Waals surface area contributed by atoms with Crippen LogP contribution in [0, 0.1) is 17.0 Å². The summed E-state index contributed by atoms with van der Waals surface area (Å²) in [5.74, 6) is -1.23. The average Bonchev–Trinajstić information content (AvgIpc) is 2.47. The van der Waals surface area contributed by atoms with Gasteiger partial charge in [0.15, 0.2) is 0 Å². The van der Waals surface area contributed by atoms with Crippen LogP contribution in [0.4, 0.5) is 14.7 Å². The van der Waals surface area contributed by atoms with E-state index in [4.69, 9.17) is 16.9 Å². The summed E-state index contributed by atoms with van der Waals surface area (Å²) < 4.78 is 27.1. The zero-order valence-electron chi connectivity index (χ0n) is 11.5. The van der Waals surface area contributed by atoms with Crippen molar-refractivity contribution in [2.24, 2.45) is 11.5 Å². The second-order valence-corrected chi connectivity index (χ2v) is 4.33. The molecule has 1 heterocycles. The Balaban J connectivity index is 2.21. The van der Waals surface area contributed by atoms with Gasteiger partial charge in [-0.3, -0.25) is 0 Å². The summed E-state index contributed by atoms with van der Waals surface area (Å²) in [5, 5.41) is 9.99. The number of hydrogen-bond acceptors (Lipinski definition) is 6. The second-order valence-electron chi connectivity index (χ2n) is 4.33. The van der Waals surface area contributed by atoms with Gasteiger partial charge in [0.1, 0.15) is 17.5 Å². The first-order chi connectivity index (χ1) is 10.5. The Morgan fingerprint density at radius 2 is 1.91 bits per heavy atom.